The number of hydrogen-bond donors (Lipinski definition) is 1. The van der Waals surface area contributed by atoms with E-state index in [0.29, 0.717) is 18.7 Å². The minimum absolute atomic E-state index is 0.00632. The van der Waals surface area contributed by atoms with E-state index in [2.05, 4.69) is 16.3 Å². The van der Waals surface area contributed by atoms with E-state index in [4.69, 9.17) is 9.47 Å². The molecule has 2 aliphatic heterocycles. The molecule has 0 spiro atoms. The molecule has 1 saturated heterocycles. The predicted molar refractivity (Wildman–Crippen MR) is 117 cm³/mol. The van der Waals surface area contributed by atoms with Gasteiger partial charge in [0.1, 0.15) is 6.04 Å². The summed E-state index contributed by atoms with van der Waals surface area (Å²) in [5.74, 6) is 1.36. The highest BCUT2D eigenvalue weighted by Crippen LogP contribution is 2.32. The zero-order valence-electron chi connectivity index (χ0n) is 18.0. The molecule has 1 fully saturated rings. The van der Waals surface area contributed by atoms with Gasteiger partial charge in [-0.25, -0.2) is 0 Å². The molecule has 2 aromatic carbocycles. The Labute approximate surface area is 182 Å². The van der Waals surface area contributed by atoms with Crippen LogP contribution in [0.4, 0.5) is 0 Å². The number of carbonyl (C=O) groups is 2. The minimum Gasteiger partial charge on any atom is -0.454 e. The summed E-state index contributed by atoms with van der Waals surface area (Å²) in [5.41, 5.74) is 1.73. The number of nitrogens with one attached hydrogen (secondary N) is 1. The van der Waals surface area contributed by atoms with Crippen LogP contribution in [0.5, 0.6) is 11.5 Å². The van der Waals surface area contributed by atoms with Crippen molar-refractivity contribution >= 4 is 11.8 Å². The molecule has 2 aromatic rings. The van der Waals surface area contributed by atoms with Crippen LogP contribution < -0.4 is 14.8 Å². The molecule has 0 radical (unpaired) electrons. The molecule has 7 nitrogen and oxygen atoms in total. The Hall–Kier alpha value is -3.06. The van der Waals surface area contributed by atoms with E-state index in [1.165, 1.54) is 5.56 Å². The van der Waals surface area contributed by atoms with Crippen molar-refractivity contribution in [3.63, 3.8) is 0 Å². The van der Waals surface area contributed by atoms with Crippen LogP contribution in [0.15, 0.2) is 48.5 Å². The Morgan fingerprint density at radius 1 is 0.968 bits per heavy atom. The first-order valence-electron chi connectivity index (χ1n) is 10.8. The molecular formula is C24H29N3O4. The maximum Gasteiger partial charge on any atom is 0.251 e. The molecule has 2 amide bonds. The highest BCUT2D eigenvalue weighted by atomic mass is 16.7. The van der Waals surface area contributed by atoms with Crippen LogP contribution in [0.25, 0.3) is 0 Å². The van der Waals surface area contributed by atoms with E-state index in [9.17, 15) is 9.59 Å². The van der Waals surface area contributed by atoms with Gasteiger partial charge >= 0.3 is 0 Å². The molecule has 7 heteroatoms. The third kappa shape index (κ3) is 4.99. The molecule has 4 rings (SSSR count). The van der Waals surface area contributed by atoms with Gasteiger partial charge in [-0.05, 0) is 35.7 Å². The lowest BCUT2D eigenvalue weighted by atomic mass is 10.0. The second kappa shape index (κ2) is 9.39. The predicted octanol–water partition coefficient (Wildman–Crippen LogP) is 2.51. The molecule has 0 bridgehead atoms. The van der Waals surface area contributed by atoms with Crippen molar-refractivity contribution in [2.24, 2.45) is 5.92 Å². The summed E-state index contributed by atoms with van der Waals surface area (Å²) in [6.07, 6.45) is 0. The first-order chi connectivity index (χ1) is 15.0. The van der Waals surface area contributed by atoms with Gasteiger partial charge in [-0.3, -0.25) is 14.5 Å². The van der Waals surface area contributed by atoms with E-state index in [1.807, 2.05) is 49.1 Å². The maximum absolute atomic E-state index is 13.2. The zero-order chi connectivity index (χ0) is 21.8. The third-order valence-corrected chi connectivity index (χ3v) is 5.78. The van der Waals surface area contributed by atoms with Gasteiger partial charge in [0.15, 0.2) is 11.5 Å². The molecule has 2 aliphatic rings. The number of benzene rings is 2. The standard InChI is InChI=1S/C24H29N3O4/c1-17(2)22(25-23(28)19-6-4-3-5-7-19)24(29)27-12-10-26(11-13-27)15-18-8-9-20-21(14-18)31-16-30-20/h3-9,14,17,22H,10-13,15-16H2,1-2H3,(H,25,28)/t22-/m0/s1. The fourth-order valence-corrected chi connectivity index (χ4v) is 3.95. The van der Waals surface area contributed by atoms with Crippen molar-refractivity contribution in [1.82, 2.24) is 15.1 Å². The number of piperazine rings is 1. The summed E-state index contributed by atoms with van der Waals surface area (Å²) >= 11 is 0. The van der Waals surface area contributed by atoms with Gasteiger partial charge in [0.05, 0.1) is 0 Å². The van der Waals surface area contributed by atoms with Gasteiger partial charge in [0, 0.05) is 38.3 Å². The first-order valence-corrected chi connectivity index (χ1v) is 10.8. The van der Waals surface area contributed by atoms with Crippen LogP contribution in [-0.4, -0.2) is 60.6 Å². The monoisotopic (exact) mass is 423 g/mol. The lowest BCUT2D eigenvalue weighted by Crippen LogP contribution is -2.56. The number of amides is 2. The summed E-state index contributed by atoms with van der Waals surface area (Å²) in [6, 6.07) is 14.5. The number of rotatable bonds is 6. The van der Waals surface area contributed by atoms with Gasteiger partial charge in [0.25, 0.3) is 5.91 Å². The number of nitrogens with zero attached hydrogens (tertiary/aromatic N) is 2. The Morgan fingerprint density at radius 3 is 2.39 bits per heavy atom. The molecule has 2 heterocycles. The van der Waals surface area contributed by atoms with E-state index >= 15 is 0 Å². The van der Waals surface area contributed by atoms with Crippen molar-refractivity contribution in [2.75, 3.05) is 33.0 Å². The highest BCUT2D eigenvalue weighted by molar-refractivity contribution is 5.97. The summed E-state index contributed by atoms with van der Waals surface area (Å²) < 4.78 is 10.8. The lowest BCUT2D eigenvalue weighted by molar-refractivity contribution is -0.136. The quantitative estimate of drug-likeness (QED) is 0.773. The highest BCUT2D eigenvalue weighted by Gasteiger charge is 2.31. The van der Waals surface area contributed by atoms with Crippen LogP contribution in [0.3, 0.4) is 0 Å². The van der Waals surface area contributed by atoms with E-state index in [-0.39, 0.29) is 24.5 Å². The smallest absolute Gasteiger partial charge is 0.251 e. The normalized spacial score (nSPS) is 16.9. The van der Waals surface area contributed by atoms with Gasteiger partial charge in [0.2, 0.25) is 12.7 Å². The average Bonchev–Trinajstić information content (AvgIpc) is 3.26. The Morgan fingerprint density at radius 2 is 1.68 bits per heavy atom. The molecule has 0 unspecified atom stereocenters. The second-order valence-electron chi connectivity index (χ2n) is 8.35. The minimum atomic E-state index is -0.534. The van der Waals surface area contributed by atoms with Crippen LogP contribution in [0, 0.1) is 5.92 Å². The lowest BCUT2D eigenvalue weighted by Gasteiger charge is -2.37. The van der Waals surface area contributed by atoms with E-state index < -0.39 is 6.04 Å². The number of ether oxygens (including phenoxy) is 2. The zero-order valence-corrected chi connectivity index (χ0v) is 18.0. The van der Waals surface area contributed by atoms with Crippen molar-refractivity contribution < 1.29 is 19.1 Å². The number of hydrogen-bond acceptors (Lipinski definition) is 5. The summed E-state index contributed by atoms with van der Waals surface area (Å²) in [7, 11) is 0. The summed E-state index contributed by atoms with van der Waals surface area (Å²) in [5, 5.41) is 2.94. The summed E-state index contributed by atoms with van der Waals surface area (Å²) in [6.45, 7) is 7.87. The molecular weight excluding hydrogens is 394 g/mol. The Kier molecular flexibility index (Phi) is 6.42. The van der Waals surface area contributed by atoms with Crippen LogP contribution in [-0.2, 0) is 11.3 Å². The van der Waals surface area contributed by atoms with Crippen molar-refractivity contribution in [1.29, 1.82) is 0 Å². The third-order valence-electron chi connectivity index (χ3n) is 5.78. The molecule has 1 atom stereocenters. The van der Waals surface area contributed by atoms with Gasteiger partial charge in [-0.1, -0.05) is 38.1 Å². The molecule has 1 N–H and O–H groups in total. The Balaban J connectivity index is 1.32. The molecule has 164 valence electrons. The molecule has 31 heavy (non-hydrogen) atoms. The number of carbonyl (C=O) groups excluding carboxylic acids is 2. The van der Waals surface area contributed by atoms with Crippen molar-refractivity contribution in [2.45, 2.75) is 26.4 Å². The fourth-order valence-electron chi connectivity index (χ4n) is 3.95. The largest absolute Gasteiger partial charge is 0.454 e. The Bertz CT molecular complexity index is 924. The maximum atomic E-state index is 13.2. The van der Waals surface area contributed by atoms with Gasteiger partial charge in [-0.2, -0.15) is 0 Å². The fraction of sp³-hybridized carbons (Fsp3) is 0.417. The van der Waals surface area contributed by atoms with E-state index in [1.54, 1.807) is 12.1 Å². The van der Waals surface area contributed by atoms with Gasteiger partial charge in [-0.15, -0.1) is 0 Å². The molecule has 0 aromatic heterocycles. The van der Waals surface area contributed by atoms with Crippen LogP contribution >= 0.6 is 0 Å². The van der Waals surface area contributed by atoms with E-state index in [0.717, 1.165) is 31.1 Å². The molecule has 0 aliphatic carbocycles. The second-order valence-corrected chi connectivity index (χ2v) is 8.35. The number of fused-ring (bicyclic) bond motifs is 1. The first kappa shape index (κ1) is 21.2. The van der Waals surface area contributed by atoms with Crippen molar-refractivity contribution in [3.8, 4) is 11.5 Å². The molecule has 0 saturated carbocycles. The van der Waals surface area contributed by atoms with Gasteiger partial charge < -0.3 is 19.7 Å². The van der Waals surface area contributed by atoms with Crippen LogP contribution in [0.2, 0.25) is 0 Å². The van der Waals surface area contributed by atoms with Crippen molar-refractivity contribution in [3.05, 3.63) is 59.7 Å². The average molecular weight is 424 g/mol. The topological polar surface area (TPSA) is 71.1 Å². The van der Waals surface area contributed by atoms with Crippen LogP contribution in [0.1, 0.15) is 29.8 Å². The summed E-state index contributed by atoms with van der Waals surface area (Å²) in [4.78, 5) is 29.9. The SMILES string of the molecule is CC(C)[C@H](NC(=O)c1ccccc1)C(=O)N1CCN(Cc2ccc3c(c2)OCO3)CC1.